The monoisotopic (exact) mass is 536 g/mol. The number of carbonyl (C=O) groups is 2. The first-order valence-corrected chi connectivity index (χ1v) is 14.1. The Morgan fingerprint density at radius 2 is 1.77 bits per heavy atom. The predicted octanol–water partition coefficient (Wildman–Crippen LogP) is 4.49. The van der Waals surface area contributed by atoms with Crippen molar-refractivity contribution in [2.45, 2.75) is 72.0 Å². The number of aromatic amines is 1. The van der Waals surface area contributed by atoms with Crippen LogP contribution in [0.5, 0.6) is 0 Å². The molecule has 0 atom stereocenters. The van der Waals surface area contributed by atoms with E-state index in [1.165, 1.54) is 24.3 Å². The van der Waals surface area contributed by atoms with E-state index in [1.807, 2.05) is 19.9 Å². The van der Waals surface area contributed by atoms with E-state index in [4.69, 9.17) is 0 Å². The second-order valence-electron chi connectivity index (χ2n) is 10.7. The Morgan fingerprint density at radius 1 is 1.08 bits per heavy atom. The van der Waals surface area contributed by atoms with Crippen LogP contribution in [-0.4, -0.2) is 52.1 Å². The molecule has 1 heterocycles. The Bertz CT molecular complexity index is 1330. The summed E-state index contributed by atoms with van der Waals surface area (Å²) in [5.74, 6) is -0.713. The molecule has 0 unspecified atom stereocenters. The van der Waals surface area contributed by atoms with Crippen LogP contribution in [0.15, 0.2) is 47.5 Å². The van der Waals surface area contributed by atoms with Crippen molar-refractivity contribution in [2.75, 3.05) is 19.8 Å². The van der Waals surface area contributed by atoms with Crippen molar-refractivity contribution in [1.29, 1.82) is 0 Å². The maximum Gasteiger partial charge on any atom is 0.280 e. The normalized spacial score (nSPS) is 18.3. The highest BCUT2D eigenvalue weighted by Gasteiger charge is 2.29. The van der Waals surface area contributed by atoms with Crippen molar-refractivity contribution in [3.63, 3.8) is 0 Å². The van der Waals surface area contributed by atoms with Crippen LogP contribution in [0, 0.1) is 11.7 Å². The van der Waals surface area contributed by atoms with Gasteiger partial charge in [-0.3, -0.25) is 14.5 Å². The molecule has 1 saturated carbocycles. The van der Waals surface area contributed by atoms with E-state index in [0.717, 1.165) is 68.6 Å². The van der Waals surface area contributed by atoms with Gasteiger partial charge in [0.05, 0.1) is 11.0 Å². The fourth-order valence-corrected chi connectivity index (χ4v) is 5.30. The molecule has 0 spiro atoms. The van der Waals surface area contributed by atoms with Crippen LogP contribution in [-0.2, 0) is 11.3 Å². The molecule has 1 aliphatic rings. The summed E-state index contributed by atoms with van der Waals surface area (Å²) in [4.78, 5) is 35.8. The summed E-state index contributed by atoms with van der Waals surface area (Å²) in [5, 5.41) is 6.56. The Labute approximate surface area is 229 Å². The van der Waals surface area contributed by atoms with Gasteiger partial charge in [-0.2, -0.15) is 4.99 Å². The second kappa shape index (κ2) is 13.2. The van der Waals surface area contributed by atoms with Crippen LogP contribution >= 0.6 is 0 Å². The number of nitrogens with one attached hydrogen (secondary N) is 3. The number of aromatic nitrogens is 2. The predicted molar refractivity (Wildman–Crippen MR) is 151 cm³/mol. The molecule has 39 heavy (non-hydrogen) atoms. The van der Waals surface area contributed by atoms with Gasteiger partial charge >= 0.3 is 0 Å². The summed E-state index contributed by atoms with van der Waals surface area (Å²) >= 11 is 0. The Morgan fingerprint density at radius 3 is 2.41 bits per heavy atom. The molecule has 1 aliphatic carbocycles. The number of H-pyrrole nitrogens is 1. The highest BCUT2D eigenvalue weighted by Crippen LogP contribution is 2.33. The van der Waals surface area contributed by atoms with Gasteiger partial charge in [0, 0.05) is 36.8 Å². The number of carbonyl (C=O) groups excluding carboxylic acids is 2. The molecular formula is C30H41FN6O2. The van der Waals surface area contributed by atoms with E-state index in [0.29, 0.717) is 11.2 Å². The Hall–Kier alpha value is -3.30. The molecule has 2 amide bonds. The van der Waals surface area contributed by atoms with E-state index in [2.05, 4.69) is 56.1 Å². The van der Waals surface area contributed by atoms with Gasteiger partial charge in [-0.25, -0.2) is 4.39 Å². The summed E-state index contributed by atoms with van der Waals surface area (Å²) in [5.41, 5.74) is 3.83. The van der Waals surface area contributed by atoms with Crippen LogP contribution in [0.1, 0.15) is 75.3 Å². The topological polar surface area (TPSA) is 94.5 Å². The molecule has 0 saturated heterocycles. The van der Waals surface area contributed by atoms with Gasteiger partial charge < -0.3 is 20.2 Å². The molecular weight excluding hydrogens is 495 g/mol. The minimum Gasteiger partial charge on any atom is -0.354 e. The number of rotatable bonds is 10. The largest absolute Gasteiger partial charge is 0.354 e. The molecule has 8 nitrogen and oxygen atoms in total. The minimum absolute atomic E-state index is 0.00414. The van der Waals surface area contributed by atoms with Gasteiger partial charge in [-0.15, -0.1) is 0 Å². The number of halogens is 1. The molecule has 0 aliphatic heterocycles. The van der Waals surface area contributed by atoms with Crippen LogP contribution < -0.4 is 16.3 Å². The van der Waals surface area contributed by atoms with Gasteiger partial charge in [0.2, 0.25) is 11.5 Å². The summed E-state index contributed by atoms with van der Waals surface area (Å²) in [7, 11) is 0. The fraction of sp³-hybridized carbons (Fsp3) is 0.500. The van der Waals surface area contributed by atoms with Crippen LogP contribution in [0.25, 0.3) is 11.0 Å². The third-order valence-corrected chi connectivity index (χ3v) is 7.52. The lowest BCUT2D eigenvalue weighted by molar-refractivity contribution is -0.126. The molecule has 3 aromatic rings. The van der Waals surface area contributed by atoms with Gasteiger partial charge in [-0.1, -0.05) is 19.9 Å². The maximum atomic E-state index is 13.4. The molecule has 0 radical (unpaired) electrons. The average Bonchev–Trinajstić information content (AvgIpc) is 3.28. The average molecular weight is 537 g/mol. The lowest BCUT2D eigenvalue weighted by Crippen LogP contribution is -2.38. The molecule has 1 fully saturated rings. The maximum absolute atomic E-state index is 13.4. The zero-order valence-corrected chi connectivity index (χ0v) is 23.5. The summed E-state index contributed by atoms with van der Waals surface area (Å²) in [6, 6.07) is 11.9. The Balaban J connectivity index is 1.65. The number of hydrogen-bond acceptors (Lipinski definition) is 4. The molecule has 9 heteroatoms. The second-order valence-corrected chi connectivity index (χ2v) is 10.7. The highest BCUT2D eigenvalue weighted by atomic mass is 19.1. The van der Waals surface area contributed by atoms with Crippen molar-refractivity contribution in [1.82, 2.24) is 25.1 Å². The Kier molecular flexibility index (Phi) is 9.69. The smallest absolute Gasteiger partial charge is 0.280 e. The van der Waals surface area contributed by atoms with Crippen LogP contribution in [0.3, 0.4) is 0 Å². The van der Waals surface area contributed by atoms with Crippen LogP contribution in [0.4, 0.5) is 4.39 Å². The first-order valence-electron chi connectivity index (χ1n) is 14.1. The highest BCUT2D eigenvalue weighted by molar-refractivity contribution is 5.95. The number of fused-ring (bicyclic) bond motifs is 1. The quantitative estimate of drug-likeness (QED) is 0.333. The van der Waals surface area contributed by atoms with E-state index >= 15 is 0 Å². The zero-order chi connectivity index (χ0) is 27.9. The van der Waals surface area contributed by atoms with Gasteiger partial charge in [0.15, 0.2) is 0 Å². The van der Waals surface area contributed by atoms with Gasteiger partial charge in [0.25, 0.3) is 5.91 Å². The van der Waals surface area contributed by atoms with Crippen molar-refractivity contribution in [3.05, 3.63) is 65.0 Å². The molecule has 210 valence electrons. The number of hydrogen-bond donors (Lipinski definition) is 3. The van der Waals surface area contributed by atoms with Gasteiger partial charge in [-0.05, 0) is 94.6 Å². The summed E-state index contributed by atoms with van der Waals surface area (Å²) < 4.78 is 15.5. The third kappa shape index (κ3) is 7.22. The van der Waals surface area contributed by atoms with Crippen molar-refractivity contribution >= 4 is 22.8 Å². The van der Waals surface area contributed by atoms with Crippen molar-refractivity contribution < 1.29 is 14.0 Å². The molecule has 1 aromatic heterocycles. The fourth-order valence-electron chi connectivity index (χ4n) is 5.30. The molecule has 4 rings (SSSR count). The lowest BCUT2D eigenvalue weighted by Gasteiger charge is -2.29. The molecule has 2 aromatic carbocycles. The zero-order valence-electron chi connectivity index (χ0n) is 23.5. The lowest BCUT2D eigenvalue weighted by atomic mass is 9.85. The minimum atomic E-state index is -0.429. The van der Waals surface area contributed by atoms with Crippen molar-refractivity contribution in [2.24, 2.45) is 10.9 Å². The number of imidazole rings is 1. The van der Waals surface area contributed by atoms with Gasteiger partial charge in [0.1, 0.15) is 5.82 Å². The number of amides is 2. The first-order chi connectivity index (χ1) is 18.8. The van der Waals surface area contributed by atoms with E-state index in [-0.39, 0.29) is 23.9 Å². The first kappa shape index (κ1) is 28.7. The molecule has 3 N–H and O–H groups in total. The van der Waals surface area contributed by atoms with Crippen LogP contribution in [0.2, 0.25) is 0 Å². The van der Waals surface area contributed by atoms with E-state index in [9.17, 15) is 14.0 Å². The number of benzene rings is 2. The SMILES string of the molecule is CCN(CC)CNCc1ccc2[nH]/c(=N\C(=O)c3ccc(F)cc3)n([C@H]3CC[C@@H](C(=O)NC(C)C)CC3)c2c1. The summed E-state index contributed by atoms with van der Waals surface area (Å²) in [6.07, 6.45) is 3.18. The van der Waals surface area contributed by atoms with E-state index < -0.39 is 11.7 Å². The van der Waals surface area contributed by atoms with E-state index in [1.54, 1.807) is 0 Å². The third-order valence-electron chi connectivity index (χ3n) is 7.52. The number of nitrogens with zero attached hydrogens (tertiary/aromatic N) is 3. The van der Waals surface area contributed by atoms with Crippen molar-refractivity contribution in [3.8, 4) is 0 Å². The summed E-state index contributed by atoms with van der Waals surface area (Å²) in [6.45, 7) is 11.8. The standard InChI is InChI=1S/C30H41FN6O2/c1-5-36(6-2)19-32-18-21-7-16-26-27(17-21)37(25-14-10-23(11-15-25)28(38)33-20(3)4)30(34-26)35-29(39)22-8-12-24(31)13-9-22/h7-9,12-13,16-17,20,23,25,32H,5-6,10-11,14-15,18-19H2,1-4H3,(H,33,38)(H,34,35,39)/t23-,25+. The molecule has 0 bridgehead atoms.